The highest BCUT2D eigenvalue weighted by molar-refractivity contribution is 5.71. The van der Waals surface area contributed by atoms with E-state index in [1.807, 2.05) is 14.2 Å². The highest BCUT2D eigenvalue weighted by Crippen LogP contribution is 2.75. The molecule has 0 N–H and O–H groups in total. The number of benzene rings is 1. The molecule has 8 bridgehead atoms. The minimum absolute atomic E-state index is 0.204. The average Bonchev–Trinajstić information content (AvgIpc) is 3.74. The zero-order chi connectivity index (χ0) is 27.3. The third-order valence-corrected chi connectivity index (χ3v) is 12.7. The number of hydrogen-bond acceptors (Lipinski definition) is 6. The molecule has 210 valence electrons. The van der Waals surface area contributed by atoms with E-state index in [4.69, 9.17) is 28.4 Å². The zero-order valence-electron chi connectivity index (χ0n) is 24.0. The van der Waals surface area contributed by atoms with Gasteiger partial charge in [0.2, 0.25) is 0 Å². The van der Waals surface area contributed by atoms with Gasteiger partial charge in [-0.25, -0.2) is 0 Å². The van der Waals surface area contributed by atoms with E-state index in [-0.39, 0.29) is 47.3 Å². The molecule has 0 amide bonds. The van der Waals surface area contributed by atoms with E-state index in [2.05, 4.69) is 48.6 Å². The lowest BCUT2D eigenvalue weighted by Crippen LogP contribution is -2.41. The summed E-state index contributed by atoms with van der Waals surface area (Å²) in [4.78, 5) is 0. The van der Waals surface area contributed by atoms with Crippen molar-refractivity contribution in [2.45, 2.75) is 35.2 Å². The Bertz CT molecular complexity index is 1230. The summed E-state index contributed by atoms with van der Waals surface area (Å²) < 4.78 is 37.8. The smallest absolute Gasteiger partial charge is 0.180 e. The van der Waals surface area contributed by atoms with E-state index in [0.29, 0.717) is 23.7 Å². The third-order valence-electron chi connectivity index (χ3n) is 12.7. The van der Waals surface area contributed by atoms with Crippen molar-refractivity contribution in [2.75, 3.05) is 42.7 Å². The minimum atomic E-state index is -0.605. The molecule has 6 nitrogen and oxygen atoms in total. The maximum absolute atomic E-state index is 6.50. The van der Waals surface area contributed by atoms with Crippen LogP contribution in [-0.4, -0.2) is 54.2 Å². The maximum Gasteiger partial charge on any atom is 0.180 e. The summed E-state index contributed by atoms with van der Waals surface area (Å²) in [6, 6.07) is 0. The SMILES string of the molecule is COc1c2c(c(OC)c3c1[C@@H]1C=C[C@H]3[C@@H]3[C@H]1[C@@H]1C=C[C@H]3C1(OC)OC)[C@@H]1C=C[C@H]2[C@@H]2[C@@H]1[C@@H]1C=C[C@H]2C1(OC)OC. The Labute approximate surface area is 236 Å². The second-order valence-corrected chi connectivity index (χ2v) is 13.0. The van der Waals surface area contributed by atoms with Gasteiger partial charge in [0.15, 0.2) is 11.6 Å². The molecule has 0 unspecified atom stereocenters. The van der Waals surface area contributed by atoms with E-state index < -0.39 is 11.6 Å². The second-order valence-electron chi connectivity index (χ2n) is 13.0. The molecule has 0 spiro atoms. The van der Waals surface area contributed by atoms with Crippen LogP contribution in [0.4, 0.5) is 0 Å². The molecule has 0 radical (unpaired) electrons. The van der Waals surface area contributed by atoms with Crippen molar-refractivity contribution in [3.05, 3.63) is 70.9 Å². The summed E-state index contributed by atoms with van der Waals surface area (Å²) in [5, 5.41) is 0. The van der Waals surface area contributed by atoms with E-state index in [9.17, 15) is 0 Å². The fourth-order valence-electron chi connectivity index (χ4n) is 11.8. The van der Waals surface area contributed by atoms with Crippen molar-refractivity contribution >= 4 is 0 Å². The lowest BCUT2D eigenvalue weighted by Gasteiger charge is -2.52. The summed E-state index contributed by atoms with van der Waals surface area (Å²) in [5.74, 6) is 4.24. The van der Waals surface area contributed by atoms with Crippen molar-refractivity contribution < 1.29 is 28.4 Å². The van der Waals surface area contributed by atoms with E-state index in [1.165, 1.54) is 22.3 Å². The van der Waals surface area contributed by atoms with Crippen LogP contribution in [-0.2, 0) is 18.9 Å². The number of rotatable bonds is 6. The van der Waals surface area contributed by atoms with Crippen LogP contribution in [0.3, 0.4) is 0 Å². The molecule has 0 aromatic heterocycles. The lowest BCUT2D eigenvalue weighted by atomic mass is 9.52. The van der Waals surface area contributed by atoms with Crippen molar-refractivity contribution in [1.82, 2.24) is 0 Å². The van der Waals surface area contributed by atoms with Crippen molar-refractivity contribution in [3.8, 4) is 11.5 Å². The number of ether oxygens (including phenoxy) is 6. The molecule has 2 saturated carbocycles. The van der Waals surface area contributed by atoms with Gasteiger partial charge in [0.05, 0.1) is 14.2 Å². The zero-order valence-corrected chi connectivity index (χ0v) is 24.0. The number of fused-ring (bicyclic) bond motifs is 4. The Morgan fingerprint density at radius 1 is 0.400 bits per heavy atom. The Balaban J connectivity index is 1.27. The van der Waals surface area contributed by atoms with Gasteiger partial charge in [-0.15, -0.1) is 0 Å². The van der Waals surface area contributed by atoms with Gasteiger partial charge >= 0.3 is 0 Å². The standard InChI is InChI=1S/C34H38O6/c1-35-31-27-15-7-9-17(25-21-13-11-19(23(15)25)33(21,37-3)38-4)29(27)32(36-2)30-18-10-8-16(28(30)31)24-20-12-14-22(26(18)24)34(20,39-5)40-6/h7-26H,1-6H3/t15-,16+,17+,18-,19+,20-,21-,22+,23-,24-,25+,26-/m0/s1. The molecule has 10 aliphatic carbocycles. The molecule has 10 aliphatic rings. The van der Waals surface area contributed by atoms with Crippen LogP contribution >= 0.6 is 0 Å². The van der Waals surface area contributed by atoms with Gasteiger partial charge < -0.3 is 28.4 Å². The molecule has 2 fully saturated rings. The van der Waals surface area contributed by atoms with Gasteiger partial charge in [0, 0.05) is 98.0 Å². The van der Waals surface area contributed by atoms with E-state index in [1.54, 1.807) is 28.4 Å². The Morgan fingerprint density at radius 3 is 0.850 bits per heavy atom. The molecule has 40 heavy (non-hydrogen) atoms. The van der Waals surface area contributed by atoms with E-state index >= 15 is 0 Å². The molecule has 12 atom stereocenters. The van der Waals surface area contributed by atoms with Gasteiger partial charge in [-0.05, 0) is 23.7 Å². The predicted octanol–water partition coefficient (Wildman–Crippen LogP) is 5.28. The van der Waals surface area contributed by atoms with Crippen molar-refractivity contribution in [2.24, 2.45) is 47.3 Å². The van der Waals surface area contributed by atoms with Gasteiger partial charge in [0.25, 0.3) is 0 Å². The minimum Gasteiger partial charge on any atom is -0.496 e. The van der Waals surface area contributed by atoms with Crippen LogP contribution in [0.2, 0.25) is 0 Å². The van der Waals surface area contributed by atoms with Crippen LogP contribution in [0.5, 0.6) is 11.5 Å². The second kappa shape index (κ2) is 7.71. The molecule has 0 heterocycles. The van der Waals surface area contributed by atoms with E-state index in [0.717, 1.165) is 11.5 Å². The Kier molecular flexibility index (Phi) is 4.67. The summed E-state index contributed by atoms with van der Waals surface area (Å²) in [7, 11) is 10.9. The Hall–Kier alpha value is -2.38. The quantitative estimate of drug-likeness (QED) is 0.360. The first-order valence-electron chi connectivity index (χ1n) is 14.8. The maximum atomic E-state index is 6.50. The summed E-state index contributed by atoms with van der Waals surface area (Å²) in [6.45, 7) is 0. The summed E-state index contributed by atoms with van der Waals surface area (Å²) in [6.07, 6.45) is 19.1. The van der Waals surface area contributed by atoms with Crippen molar-refractivity contribution in [3.63, 3.8) is 0 Å². The monoisotopic (exact) mass is 542 g/mol. The van der Waals surface area contributed by atoms with Gasteiger partial charge in [-0.1, -0.05) is 48.6 Å². The molecule has 11 rings (SSSR count). The predicted molar refractivity (Wildman–Crippen MR) is 148 cm³/mol. The van der Waals surface area contributed by atoms with Crippen molar-refractivity contribution in [1.29, 1.82) is 0 Å². The summed E-state index contributed by atoms with van der Waals surface area (Å²) >= 11 is 0. The van der Waals surface area contributed by atoms with Crippen LogP contribution in [0.15, 0.2) is 48.6 Å². The molecular formula is C34H38O6. The van der Waals surface area contributed by atoms with Crippen LogP contribution in [0.1, 0.15) is 45.9 Å². The lowest BCUT2D eigenvalue weighted by molar-refractivity contribution is -0.234. The molecule has 0 aliphatic heterocycles. The van der Waals surface area contributed by atoms with Crippen LogP contribution in [0.25, 0.3) is 0 Å². The first-order chi connectivity index (χ1) is 19.6. The first-order valence-corrected chi connectivity index (χ1v) is 14.8. The Morgan fingerprint density at radius 2 is 0.650 bits per heavy atom. The van der Waals surface area contributed by atoms with Crippen LogP contribution < -0.4 is 9.47 Å². The third kappa shape index (κ3) is 2.25. The fourth-order valence-corrected chi connectivity index (χ4v) is 11.8. The fraction of sp³-hybridized carbons (Fsp3) is 0.588. The van der Waals surface area contributed by atoms with Gasteiger partial charge in [-0.3, -0.25) is 0 Å². The van der Waals surface area contributed by atoms with Gasteiger partial charge in [-0.2, -0.15) is 0 Å². The first kappa shape index (κ1) is 24.2. The molecule has 6 heteroatoms. The average molecular weight is 543 g/mol. The molecule has 0 saturated heterocycles. The molecule has 1 aromatic carbocycles. The normalized spacial score (nSPS) is 45.1. The van der Waals surface area contributed by atoms with Crippen LogP contribution in [0, 0.1) is 47.3 Å². The highest BCUT2D eigenvalue weighted by atomic mass is 16.7. The number of methoxy groups -OCH3 is 6. The molecular weight excluding hydrogens is 504 g/mol. The number of allylic oxidation sites excluding steroid dienone is 4. The highest BCUT2D eigenvalue weighted by Gasteiger charge is 2.71. The summed E-state index contributed by atoms with van der Waals surface area (Å²) in [5.41, 5.74) is 5.31. The topological polar surface area (TPSA) is 55.4 Å². The molecule has 1 aromatic rings. The van der Waals surface area contributed by atoms with Gasteiger partial charge in [0.1, 0.15) is 11.5 Å². The number of hydrogen-bond donors (Lipinski definition) is 0. The largest absolute Gasteiger partial charge is 0.496 e.